The predicted octanol–water partition coefficient (Wildman–Crippen LogP) is 3.70. The van der Waals surface area contributed by atoms with Crippen LogP contribution in [0, 0.1) is 18.6 Å². The van der Waals surface area contributed by atoms with E-state index in [1.165, 1.54) is 39.7 Å². The number of esters is 1. The number of halogens is 2. The number of ether oxygens (including phenoxy) is 3. The number of pyridine rings is 2. The SMILES string of the molecule is COC(=O)c1cnc(-c2cc(OC)ncc2F)c(C)n1.COc1cc(-c2ncc(C(=O)O)nc2C=CN(C)C)c(F)cn1. The summed E-state index contributed by atoms with van der Waals surface area (Å²) in [5.41, 5.74) is 1.31. The number of rotatable bonds is 8. The number of aromatic nitrogens is 6. The second-order valence-electron chi connectivity index (χ2n) is 8.67. The van der Waals surface area contributed by atoms with Crippen LogP contribution < -0.4 is 9.47 Å². The molecule has 1 N–H and O–H groups in total. The van der Waals surface area contributed by atoms with Gasteiger partial charge >= 0.3 is 11.9 Å². The van der Waals surface area contributed by atoms with E-state index in [2.05, 4.69) is 34.6 Å². The van der Waals surface area contributed by atoms with Crippen molar-refractivity contribution in [1.82, 2.24) is 34.8 Å². The molecule has 0 aliphatic heterocycles. The van der Waals surface area contributed by atoms with Gasteiger partial charge in [0.1, 0.15) is 0 Å². The van der Waals surface area contributed by atoms with Crippen LogP contribution in [-0.4, -0.2) is 87.3 Å². The highest BCUT2D eigenvalue weighted by molar-refractivity contribution is 5.87. The van der Waals surface area contributed by atoms with Crippen LogP contribution in [0.2, 0.25) is 0 Å². The molecule has 0 saturated heterocycles. The van der Waals surface area contributed by atoms with Crippen LogP contribution in [0.15, 0.2) is 43.1 Å². The van der Waals surface area contributed by atoms with Gasteiger partial charge in [-0.05, 0) is 13.0 Å². The average Bonchev–Trinajstić information content (AvgIpc) is 3.00. The van der Waals surface area contributed by atoms with Gasteiger partial charge in [-0.25, -0.2) is 38.3 Å². The summed E-state index contributed by atoms with van der Waals surface area (Å²) in [6, 6.07) is 2.80. The van der Waals surface area contributed by atoms with E-state index in [0.717, 1.165) is 18.6 Å². The highest BCUT2D eigenvalue weighted by atomic mass is 19.1. The van der Waals surface area contributed by atoms with Crippen molar-refractivity contribution in [2.24, 2.45) is 0 Å². The Hall–Kier alpha value is -5.60. The molecule has 4 aromatic heterocycles. The maximum atomic E-state index is 14.1. The number of carboxylic acids is 1. The van der Waals surface area contributed by atoms with E-state index in [1.807, 2.05) is 0 Å². The van der Waals surface area contributed by atoms with Crippen molar-refractivity contribution in [3.8, 4) is 34.3 Å². The van der Waals surface area contributed by atoms with Crippen molar-refractivity contribution in [2.45, 2.75) is 6.92 Å². The molecule has 4 aromatic rings. The van der Waals surface area contributed by atoms with Gasteiger partial charge in [-0.1, -0.05) is 0 Å². The number of hydrogen-bond donors (Lipinski definition) is 1. The Morgan fingerprint density at radius 1 is 0.814 bits per heavy atom. The van der Waals surface area contributed by atoms with Gasteiger partial charge in [-0.3, -0.25) is 9.97 Å². The number of carbonyl (C=O) groups is 2. The van der Waals surface area contributed by atoms with E-state index in [0.29, 0.717) is 11.4 Å². The van der Waals surface area contributed by atoms with Gasteiger partial charge in [-0.2, -0.15) is 0 Å². The molecule has 4 rings (SSSR count). The molecule has 0 atom stereocenters. The number of hydrogen-bond acceptors (Lipinski definition) is 12. The van der Waals surface area contributed by atoms with Crippen LogP contribution in [0.25, 0.3) is 28.6 Å². The maximum absolute atomic E-state index is 14.1. The van der Waals surface area contributed by atoms with Crippen molar-refractivity contribution in [3.05, 3.63) is 77.5 Å². The summed E-state index contributed by atoms with van der Waals surface area (Å²) >= 11 is 0. The molecule has 0 spiro atoms. The number of carbonyl (C=O) groups excluding carboxylic acids is 1. The van der Waals surface area contributed by atoms with Gasteiger partial charge in [-0.15, -0.1) is 0 Å². The van der Waals surface area contributed by atoms with E-state index < -0.39 is 23.6 Å². The molecule has 224 valence electrons. The number of aromatic carboxylic acids is 1. The Bertz CT molecular complexity index is 1670. The Balaban J connectivity index is 0.000000238. The van der Waals surface area contributed by atoms with Gasteiger partial charge < -0.3 is 24.2 Å². The smallest absolute Gasteiger partial charge is 0.358 e. The van der Waals surface area contributed by atoms with Crippen molar-refractivity contribution < 1.29 is 37.7 Å². The highest BCUT2D eigenvalue weighted by Gasteiger charge is 2.17. The fraction of sp³-hybridized carbons (Fsp3) is 0.214. The van der Waals surface area contributed by atoms with Crippen LogP contribution in [0.5, 0.6) is 11.8 Å². The van der Waals surface area contributed by atoms with E-state index in [-0.39, 0.29) is 45.7 Å². The Kier molecular flexibility index (Phi) is 10.6. The lowest BCUT2D eigenvalue weighted by Crippen LogP contribution is -2.07. The van der Waals surface area contributed by atoms with Crippen LogP contribution in [0.3, 0.4) is 0 Å². The Morgan fingerprint density at radius 2 is 1.35 bits per heavy atom. The fourth-order valence-corrected chi connectivity index (χ4v) is 3.42. The quantitative estimate of drug-likeness (QED) is 0.294. The summed E-state index contributed by atoms with van der Waals surface area (Å²) in [4.78, 5) is 47.9. The summed E-state index contributed by atoms with van der Waals surface area (Å²) in [6.45, 7) is 1.63. The van der Waals surface area contributed by atoms with E-state index >= 15 is 0 Å². The topological polar surface area (TPSA) is 163 Å². The van der Waals surface area contributed by atoms with Crippen molar-refractivity contribution in [3.63, 3.8) is 0 Å². The second kappa shape index (κ2) is 14.3. The summed E-state index contributed by atoms with van der Waals surface area (Å²) in [6.07, 6.45) is 7.60. The van der Waals surface area contributed by atoms with Crippen LogP contribution in [-0.2, 0) is 4.74 Å². The van der Waals surface area contributed by atoms with Crippen molar-refractivity contribution >= 4 is 18.0 Å². The third kappa shape index (κ3) is 8.00. The van der Waals surface area contributed by atoms with E-state index in [9.17, 15) is 18.4 Å². The molecule has 43 heavy (non-hydrogen) atoms. The average molecular weight is 596 g/mol. The number of nitrogens with zero attached hydrogens (tertiary/aromatic N) is 7. The standard InChI is InChI=1S/C15H15FN4O3.C13H12FN3O3/c1-20(2)5-4-11-14(18-8-12(19-11)15(21)22)9-6-13(23-3)17-7-10(9)16;1-7-12(16-6-10(17-7)13(18)20-3)8-4-11(19-2)15-5-9(8)14/h4-8H,1-3H3,(H,21,22);4-6H,1-3H3. The first-order valence-corrected chi connectivity index (χ1v) is 12.3. The molecule has 0 saturated carbocycles. The third-order valence-electron chi connectivity index (χ3n) is 5.48. The maximum Gasteiger partial charge on any atom is 0.358 e. The monoisotopic (exact) mass is 595 g/mol. The number of methoxy groups -OCH3 is 3. The van der Waals surface area contributed by atoms with Gasteiger partial charge in [0, 0.05) is 43.6 Å². The minimum absolute atomic E-state index is 0.0650. The van der Waals surface area contributed by atoms with Gasteiger partial charge in [0.05, 0.1) is 68.9 Å². The van der Waals surface area contributed by atoms with Gasteiger partial charge in [0.25, 0.3) is 0 Å². The van der Waals surface area contributed by atoms with Crippen LogP contribution in [0.1, 0.15) is 32.4 Å². The first-order chi connectivity index (χ1) is 20.5. The zero-order chi connectivity index (χ0) is 31.7. The number of carboxylic acid groups (broad SMARTS) is 1. The molecular formula is C28H27F2N7O6. The summed E-state index contributed by atoms with van der Waals surface area (Å²) in [5, 5.41) is 9.04. The Morgan fingerprint density at radius 3 is 1.84 bits per heavy atom. The molecule has 0 radical (unpaired) electrons. The highest BCUT2D eigenvalue weighted by Crippen LogP contribution is 2.27. The van der Waals surface area contributed by atoms with Crippen LogP contribution >= 0.6 is 0 Å². The molecule has 15 heteroatoms. The minimum atomic E-state index is -1.21. The molecule has 0 aliphatic rings. The molecule has 0 amide bonds. The Labute approximate surface area is 244 Å². The fourth-order valence-electron chi connectivity index (χ4n) is 3.42. The molecule has 0 aromatic carbocycles. The van der Waals surface area contributed by atoms with E-state index in [4.69, 9.17) is 14.6 Å². The lowest BCUT2D eigenvalue weighted by molar-refractivity contribution is 0.0592. The van der Waals surface area contributed by atoms with Crippen molar-refractivity contribution in [2.75, 3.05) is 35.4 Å². The summed E-state index contributed by atoms with van der Waals surface area (Å²) in [5.74, 6) is -2.49. The normalized spacial score (nSPS) is 10.5. The first kappa shape index (κ1) is 31.9. The minimum Gasteiger partial charge on any atom is -0.481 e. The molecule has 0 fully saturated rings. The van der Waals surface area contributed by atoms with E-state index in [1.54, 1.807) is 38.2 Å². The van der Waals surface area contributed by atoms with Gasteiger partial charge in [0.15, 0.2) is 23.0 Å². The molecular weight excluding hydrogens is 568 g/mol. The third-order valence-corrected chi connectivity index (χ3v) is 5.48. The molecule has 4 heterocycles. The lowest BCUT2D eigenvalue weighted by Gasteiger charge is -2.09. The first-order valence-electron chi connectivity index (χ1n) is 12.3. The lowest BCUT2D eigenvalue weighted by atomic mass is 10.1. The molecule has 13 nitrogen and oxygen atoms in total. The number of aryl methyl sites for hydroxylation is 1. The predicted molar refractivity (Wildman–Crippen MR) is 149 cm³/mol. The zero-order valence-corrected chi connectivity index (χ0v) is 24.0. The van der Waals surface area contributed by atoms with Crippen molar-refractivity contribution in [1.29, 1.82) is 0 Å². The summed E-state index contributed by atoms with van der Waals surface area (Å²) in [7, 11) is 7.68. The zero-order valence-electron chi connectivity index (χ0n) is 24.0. The largest absolute Gasteiger partial charge is 0.481 e. The molecule has 0 aliphatic carbocycles. The second-order valence-corrected chi connectivity index (χ2v) is 8.67. The van der Waals surface area contributed by atoms with Gasteiger partial charge in [0.2, 0.25) is 11.8 Å². The summed E-state index contributed by atoms with van der Waals surface area (Å²) < 4.78 is 42.4. The molecule has 0 bridgehead atoms. The van der Waals surface area contributed by atoms with Crippen LogP contribution in [0.4, 0.5) is 8.78 Å². The molecule has 0 unspecified atom stereocenters.